The fourth-order valence-corrected chi connectivity index (χ4v) is 3.77. The minimum absolute atomic E-state index is 0.687. The van der Waals surface area contributed by atoms with E-state index in [9.17, 15) is 0 Å². The molecule has 0 aliphatic heterocycles. The number of thiophene rings is 1. The Bertz CT molecular complexity index is 280. The van der Waals surface area contributed by atoms with Crippen LogP contribution in [0.2, 0.25) is 0 Å². The fraction of sp³-hybridized carbons (Fsp3) is 0.500. The lowest BCUT2D eigenvalue weighted by Crippen LogP contribution is -1.98. The van der Waals surface area contributed by atoms with E-state index in [0.29, 0.717) is 6.54 Å². The highest BCUT2D eigenvalue weighted by atomic mass is 79.9. The molecule has 0 aromatic carbocycles. The van der Waals surface area contributed by atoms with E-state index in [1.165, 1.54) is 34.2 Å². The number of nitrogens with two attached hydrogens (primary N) is 1. The van der Waals surface area contributed by atoms with Crippen molar-refractivity contribution in [2.24, 2.45) is 5.73 Å². The fourth-order valence-electron chi connectivity index (χ4n) is 1.64. The van der Waals surface area contributed by atoms with Gasteiger partial charge in [0.25, 0.3) is 0 Å². The van der Waals surface area contributed by atoms with Crippen LogP contribution in [-0.4, -0.2) is 0 Å². The second-order valence-corrected chi connectivity index (χ2v) is 5.24. The van der Waals surface area contributed by atoms with Gasteiger partial charge in [0, 0.05) is 11.4 Å². The Balaban J connectivity index is 2.52. The van der Waals surface area contributed by atoms with Crippen molar-refractivity contribution >= 4 is 27.3 Å². The Labute approximate surface area is 78.7 Å². The molecule has 0 saturated heterocycles. The molecule has 0 bridgehead atoms. The molecule has 1 nitrogen and oxygen atoms in total. The van der Waals surface area contributed by atoms with Crippen LogP contribution in [0, 0.1) is 0 Å². The Morgan fingerprint density at radius 2 is 2.27 bits per heavy atom. The first kappa shape index (κ1) is 7.77. The third-order valence-electron chi connectivity index (χ3n) is 2.19. The van der Waals surface area contributed by atoms with Gasteiger partial charge in [0.15, 0.2) is 0 Å². The van der Waals surface area contributed by atoms with E-state index in [-0.39, 0.29) is 0 Å². The number of rotatable bonds is 1. The zero-order chi connectivity index (χ0) is 7.84. The maximum Gasteiger partial charge on any atom is 0.0749 e. The van der Waals surface area contributed by atoms with E-state index in [2.05, 4.69) is 15.9 Å². The lowest BCUT2D eigenvalue weighted by molar-refractivity contribution is 0.902. The number of aryl methyl sites for hydroxylation is 1. The minimum Gasteiger partial charge on any atom is -0.326 e. The van der Waals surface area contributed by atoms with E-state index >= 15 is 0 Å². The molecule has 1 aliphatic carbocycles. The van der Waals surface area contributed by atoms with Gasteiger partial charge in [-0.3, -0.25) is 0 Å². The molecule has 2 N–H and O–H groups in total. The smallest absolute Gasteiger partial charge is 0.0749 e. The van der Waals surface area contributed by atoms with Crippen molar-refractivity contribution in [1.82, 2.24) is 0 Å². The molecular weight excluding hydrogens is 222 g/mol. The first-order valence-corrected chi connectivity index (χ1v) is 5.43. The summed E-state index contributed by atoms with van der Waals surface area (Å²) < 4.78 is 1.25. The Morgan fingerprint density at radius 3 is 3.00 bits per heavy atom. The molecule has 1 aliphatic rings. The molecule has 1 aromatic rings. The predicted octanol–water partition coefficient (Wildman–Crippen LogP) is 2.46. The van der Waals surface area contributed by atoms with E-state index in [1.54, 1.807) is 4.88 Å². The summed E-state index contributed by atoms with van der Waals surface area (Å²) in [5.74, 6) is 0. The first-order valence-electron chi connectivity index (χ1n) is 3.82. The van der Waals surface area contributed by atoms with Crippen LogP contribution in [0.5, 0.6) is 0 Å². The summed E-state index contributed by atoms with van der Waals surface area (Å²) in [6.45, 7) is 0.687. The molecule has 11 heavy (non-hydrogen) atoms. The van der Waals surface area contributed by atoms with Gasteiger partial charge in [-0.2, -0.15) is 0 Å². The third kappa shape index (κ3) is 1.15. The topological polar surface area (TPSA) is 26.0 Å². The zero-order valence-corrected chi connectivity index (χ0v) is 8.59. The number of fused-ring (bicyclic) bond motifs is 1. The zero-order valence-electron chi connectivity index (χ0n) is 6.19. The molecule has 0 unspecified atom stereocenters. The molecule has 0 saturated carbocycles. The van der Waals surface area contributed by atoms with Crippen LogP contribution < -0.4 is 5.73 Å². The average Bonchev–Trinajstić information content (AvgIpc) is 2.46. The molecule has 0 spiro atoms. The van der Waals surface area contributed by atoms with E-state index in [1.807, 2.05) is 11.3 Å². The Hall–Kier alpha value is 0.140. The summed E-state index contributed by atoms with van der Waals surface area (Å²) in [5.41, 5.74) is 8.53. The lowest BCUT2D eigenvalue weighted by atomic mass is 10.1. The van der Waals surface area contributed by atoms with E-state index in [0.717, 1.165) is 0 Å². The molecule has 3 heteroatoms. The van der Waals surface area contributed by atoms with Crippen LogP contribution in [0.25, 0.3) is 0 Å². The molecule has 0 fully saturated rings. The highest BCUT2D eigenvalue weighted by Crippen LogP contribution is 2.38. The minimum atomic E-state index is 0.687. The summed E-state index contributed by atoms with van der Waals surface area (Å²) >= 11 is 5.41. The van der Waals surface area contributed by atoms with Crippen LogP contribution in [0.1, 0.15) is 22.4 Å². The highest BCUT2D eigenvalue weighted by molar-refractivity contribution is 9.11. The largest absolute Gasteiger partial charge is 0.326 e. The summed E-state index contributed by atoms with van der Waals surface area (Å²) in [6, 6.07) is 0. The van der Waals surface area contributed by atoms with Crippen molar-refractivity contribution in [3.63, 3.8) is 0 Å². The maximum atomic E-state index is 5.64. The summed E-state index contributed by atoms with van der Waals surface area (Å²) in [6.07, 6.45) is 3.82. The van der Waals surface area contributed by atoms with E-state index < -0.39 is 0 Å². The van der Waals surface area contributed by atoms with Crippen molar-refractivity contribution in [3.05, 3.63) is 19.8 Å². The number of hydrogen-bond acceptors (Lipinski definition) is 2. The number of hydrogen-bond donors (Lipinski definition) is 1. The quantitative estimate of drug-likeness (QED) is 0.790. The van der Waals surface area contributed by atoms with Gasteiger partial charge in [-0.05, 0) is 46.3 Å². The van der Waals surface area contributed by atoms with Crippen molar-refractivity contribution in [1.29, 1.82) is 0 Å². The molecule has 60 valence electrons. The standard InChI is InChI=1S/C8H10BrNS/c9-8-6(4-10)5-2-1-3-7(5)11-8/h1-4,10H2. The predicted molar refractivity (Wildman–Crippen MR) is 51.9 cm³/mol. The highest BCUT2D eigenvalue weighted by Gasteiger charge is 2.19. The second-order valence-electron chi connectivity index (χ2n) is 2.81. The van der Waals surface area contributed by atoms with Gasteiger partial charge in [0.05, 0.1) is 3.79 Å². The summed E-state index contributed by atoms with van der Waals surface area (Å²) in [7, 11) is 0. The van der Waals surface area contributed by atoms with Gasteiger partial charge in [0.1, 0.15) is 0 Å². The molecule has 0 atom stereocenters. The molecular formula is C8H10BrNS. The van der Waals surface area contributed by atoms with Crippen LogP contribution >= 0.6 is 27.3 Å². The number of halogens is 1. The van der Waals surface area contributed by atoms with Crippen LogP contribution in [0.4, 0.5) is 0 Å². The monoisotopic (exact) mass is 231 g/mol. The Morgan fingerprint density at radius 1 is 1.45 bits per heavy atom. The molecule has 1 aromatic heterocycles. The van der Waals surface area contributed by atoms with Gasteiger partial charge in [0.2, 0.25) is 0 Å². The Kier molecular flexibility index (Phi) is 2.04. The SMILES string of the molecule is NCc1c(Br)sc2c1CCC2. The van der Waals surface area contributed by atoms with E-state index in [4.69, 9.17) is 5.73 Å². The molecule has 2 rings (SSSR count). The normalized spacial score (nSPS) is 15.5. The van der Waals surface area contributed by atoms with Crippen LogP contribution in [0.15, 0.2) is 3.79 Å². The van der Waals surface area contributed by atoms with Gasteiger partial charge in [-0.1, -0.05) is 0 Å². The second kappa shape index (κ2) is 2.88. The summed E-state index contributed by atoms with van der Waals surface area (Å²) in [5, 5.41) is 0. The van der Waals surface area contributed by atoms with Gasteiger partial charge in [-0.15, -0.1) is 11.3 Å². The van der Waals surface area contributed by atoms with Crippen LogP contribution in [-0.2, 0) is 19.4 Å². The molecule has 1 heterocycles. The summed E-state index contributed by atoms with van der Waals surface area (Å²) in [4.78, 5) is 1.55. The van der Waals surface area contributed by atoms with Crippen molar-refractivity contribution in [2.45, 2.75) is 25.8 Å². The molecule has 0 radical (unpaired) electrons. The van der Waals surface area contributed by atoms with Crippen molar-refractivity contribution < 1.29 is 0 Å². The molecule has 0 amide bonds. The van der Waals surface area contributed by atoms with Gasteiger partial charge in [-0.25, -0.2) is 0 Å². The van der Waals surface area contributed by atoms with Gasteiger partial charge >= 0.3 is 0 Å². The third-order valence-corrected chi connectivity index (χ3v) is 4.27. The van der Waals surface area contributed by atoms with Gasteiger partial charge < -0.3 is 5.73 Å². The van der Waals surface area contributed by atoms with Crippen molar-refractivity contribution in [2.75, 3.05) is 0 Å². The maximum absolute atomic E-state index is 5.64. The van der Waals surface area contributed by atoms with Crippen molar-refractivity contribution in [3.8, 4) is 0 Å². The average molecular weight is 232 g/mol. The first-order chi connectivity index (χ1) is 5.33. The van der Waals surface area contributed by atoms with Crippen LogP contribution in [0.3, 0.4) is 0 Å². The lowest BCUT2D eigenvalue weighted by Gasteiger charge is -1.96.